The van der Waals surface area contributed by atoms with Gasteiger partial charge in [0.2, 0.25) is 0 Å². The van der Waals surface area contributed by atoms with Gasteiger partial charge in [0.05, 0.1) is 0 Å². The molecule has 0 spiro atoms. The van der Waals surface area contributed by atoms with Crippen molar-refractivity contribution in [1.29, 1.82) is 0 Å². The summed E-state index contributed by atoms with van der Waals surface area (Å²) in [5, 5.41) is 17.1. The van der Waals surface area contributed by atoms with Gasteiger partial charge in [-0.1, -0.05) is 205 Å². The van der Waals surface area contributed by atoms with Crippen LogP contribution in [-0.2, 0) is 9.59 Å². The Morgan fingerprint density at radius 1 is 0.300 bits per heavy atom. The summed E-state index contributed by atoms with van der Waals surface area (Å²) in [5.41, 5.74) is 0. The van der Waals surface area contributed by atoms with Crippen LogP contribution in [0.3, 0.4) is 0 Å². The number of allylic oxidation sites excluding steroid dienone is 4. The number of hydrogen-bond donors (Lipinski definition) is 2. The van der Waals surface area contributed by atoms with Gasteiger partial charge < -0.3 is 10.2 Å². The minimum Gasteiger partial charge on any atom is -0.481 e. The second-order valence-electron chi connectivity index (χ2n) is 15.0. The van der Waals surface area contributed by atoms with E-state index >= 15 is 0 Å². The van der Waals surface area contributed by atoms with Crippen LogP contribution in [0.1, 0.15) is 258 Å². The lowest BCUT2D eigenvalue weighted by Crippen LogP contribution is -1.93. The molecule has 0 atom stereocenters. The van der Waals surface area contributed by atoms with Crippen molar-refractivity contribution in [1.82, 2.24) is 0 Å². The molecule has 0 unspecified atom stereocenters. The minimum absolute atomic E-state index is 0.340. The molecule has 2 N–H and O–H groups in total. The van der Waals surface area contributed by atoms with E-state index in [2.05, 4.69) is 38.2 Å². The number of carboxylic acids is 2. The van der Waals surface area contributed by atoms with Gasteiger partial charge in [-0.15, -0.1) is 0 Å². The van der Waals surface area contributed by atoms with E-state index in [1.807, 2.05) is 0 Å². The van der Waals surface area contributed by atoms with Crippen LogP contribution in [0.2, 0.25) is 0 Å². The lowest BCUT2D eigenvalue weighted by atomic mass is 10.0. The molecule has 296 valence electrons. The van der Waals surface area contributed by atoms with E-state index in [0.717, 1.165) is 25.7 Å². The summed E-state index contributed by atoms with van der Waals surface area (Å²) in [6, 6.07) is 0. The summed E-state index contributed by atoms with van der Waals surface area (Å²) < 4.78 is 0. The molecule has 0 saturated heterocycles. The Hall–Kier alpha value is -1.58. The second-order valence-corrected chi connectivity index (χ2v) is 15.0. The molecular formula is C46H88O4. The fraction of sp³-hybridized carbons (Fsp3) is 0.870. The molecule has 0 radical (unpaired) electrons. The van der Waals surface area contributed by atoms with Crippen LogP contribution in [0, 0.1) is 0 Å². The van der Waals surface area contributed by atoms with Crippen molar-refractivity contribution in [3.05, 3.63) is 24.3 Å². The van der Waals surface area contributed by atoms with Gasteiger partial charge in [-0.3, -0.25) is 9.59 Å². The van der Waals surface area contributed by atoms with Crippen molar-refractivity contribution in [2.75, 3.05) is 0 Å². The van der Waals surface area contributed by atoms with Crippen molar-refractivity contribution < 1.29 is 19.8 Å². The average Bonchev–Trinajstić information content (AvgIpc) is 3.10. The molecule has 0 aromatic heterocycles. The van der Waals surface area contributed by atoms with E-state index in [1.54, 1.807) is 0 Å². The highest BCUT2D eigenvalue weighted by molar-refractivity contribution is 5.66. The first-order valence-electron chi connectivity index (χ1n) is 22.3. The van der Waals surface area contributed by atoms with Gasteiger partial charge in [-0.25, -0.2) is 0 Å². The molecule has 0 bridgehead atoms. The standard InChI is InChI=1S/C24H46O2.C22H42O2/c1-2-3-4-5-6-7-8-9-10-11-12-13-14-15-16-17-18-19-20-21-22-23-24(25)26;1-2-3-4-5-6-7-8-9-10-11-12-13-14-15-16-17-18-19-20-21-22(23)24/h9-10H,2-8,11-23H2,1H3,(H,25,26);9-10H,2-8,11-21H2,1H3,(H,23,24)/b;10-9-. The predicted octanol–water partition coefficient (Wildman–Crippen LogP) is 16.1. The largest absolute Gasteiger partial charge is 0.481 e. The van der Waals surface area contributed by atoms with Gasteiger partial charge in [0.1, 0.15) is 0 Å². The Bertz CT molecular complexity index is 713. The summed E-state index contributed by atoms with van der Waals surface area (Å²) in [6.45, 7) is 4.55. The zero-order valence-corrected chi connectivity index (χ0v) is 33.9. The molecule has 50 heavy (non-hydrogen) atoms. The molecule has 0 aliphatic carbocycles. The third-order valence-corrected chi connectivity index (χ3v) is 9.80. The SMILES string of the molecule is CCCCCCCC/C=C\CCCCCCCCCCCC(=O)O.CCCCCCCCC=CCCCCCCCCCCCCCC(=O)O. The quantitative estimate of drug-likeness (QED) is 0.0492. The molecule has 4 heteroatoms. The zero-order valence-electron chi connectivity index (χ0n) is 33.9. The van der Waals surface area contributed by atoms with Crippen LogP contribution < -0.4 is 0 Å². The Morgan fingerprint density at radius 3 is 0.680 bits per heavy atom. The van der Waals surface area contributed by atoms with E-state index < -0.39 is 11.9 Å². The predicted molar refractivity (Wildman–Crippen MR) is 220 cm³/mol. The number of hydrogen-bond acceptors (Lipinski definition) is 2. The molecule has 0 fully saturated rings. The highest BCUT2D eigenvalue weighted by Crippen LogP contribution is 2.14. The molecule has 0 saturated carbocycles. The minimum atomic E-state index is -0.656. The molecule has 4 nitrogen and oxygen atoms in total. The van der Waals surface area contributed by atoms with Crippen molar-refractivity contribution in [2.24, 2.45) is 0 Å². The van der Waals surface area contributed by atoms with Gasteiger partial charge in [0.25, 0.3) is 0 Å². The number of unbranched alkanes of at least 4 members (excludes halogenated alkanes) is 32. The maximum Gasteiger partial charge on any atom is 0.303 e. The van der Waals surface area contributed by atoms with E-state index in [9.17, 15) is 9.59 Å². The normalized spacial score (nSPS) is 11.4. The lowest BCUT2D eigenvalue weighted by molar-refractivity contribution is -0.138. The number of carbonyl (C=O) groups is 2. The molecule has 0 rings (SSSR count). The Kier molecular flexibility index (Phi) is 47.9. The highest BCUT2D eigenvalue weighted by atomic mass is 16.4. The molecule has 0 aromatic carbocycles. The molecule has 0 amide bonds. The van der Waals surface area contributed by atoms with E-state index in [0.29, 0.717) is 12.8 Å². The first-order valence-corrected chi connectivity index (χ1v) is 22.3. The third kappa shape index (κ3) is 53.2. The van der Waals surface area contributed by atoms with Crippen molar-refractivity contribution in [2.45, 2.75) is 258 Å². The monoisotopic (exact) mass is 705 g/mol. The third-order valence-electron chi connectivity index (χ3n) is 9.80. The first-order chi connectivity index (χ1) is 24.5. The summed E-state index contributed by atoms with van der Waals surface area (Å²) in [6.07, 6.45) is 57.2. The zero-order chi connectivity index (χ0) is 36.9. The van der Waals surface area contributed by atoms with E-state index in [-0.39, 0.29) is 0 Å². The van der Waals surface area contributed by atoms with Crippen LogP contribution in [0.5, 0.6) is 0 Å². The fourth-order valence-corrected chi connectivity index (χ4v) is 6.46. The number of carboxylic acid groups (broad SMARTS) is 2. The molecule has 0 heterocycles. The van der Waals surface area contributed by atoms with Crippen LogP contribution >= 0.6 is 0 Å². The second kappa shape index (κ2) is 47.4. The van der Waals surface area contributed by atoms with Crippen molar-refractivity contribution in [3.8, 4) is 0 Å². The van der Waals surface area contributed by atoms with Crippen LogP contribution in [0.4, 0.5) is 0 Å². The van der Waals surface area contributed by atoms with Crippen molar-refractivity contribution in [3.63, 3.8) is 0 Å². The average molecular weight is 705 g/mol. The van der Waals surface area contributed by atoms with Gasteiger partial charge in [-0.2, -0.15) is 0 Å². The van der Waals surface area contributed by atoms with Crippen LogP contribution in [-0.4, -0.2) is 22.2 Å². The maximum absolute atomic E-state index is 10.4. The van der Waals surface area contributed by atoms with Crippen LogP contribution in [0.25, 0.3) is 0 Å². The van der Waals surface area contributed by atoms with Gasteiger partial charge >= 0.3 is 11.9 Å². The van der Waals surface area contributed by atoms with Crippen molar-refractivity contribution >= 4 is 11.9 Å². The van der Waals surface area contributed by atoms with E-state index in [1.165, 1.54) is 205 Å². The number of rotatable bonds is 40. The Balaban J connectivity index is 0. The Morgan fingerprint density at radius 2 is 0.480 bits per heavy atom. The summed E-state index contributed by atoms with van der Waals surface area (Å²) in [5.74, 6) is -1.31. The van der Waals surface area contributed by atoms with Crippen LogP contribution in [0.15, 0.2) is 24.3 Å². The lowest BCUT2D eigenvalue weighted by Gasteiger charge is -2.02. The molecule has 0 aliphatic heterocycles. The topological polar surface area (TPSA) is 74.6 Å². The van der Waals surface area contributed by atoms with Gasteiger partial charge in [-0.05, 0) is 64.2 Å². The number of aliphatic carboxylic acids is 2. The maximum atomic E-state index is 10.4. The first kappa shape index (κ1) is 50.5. The Labute approximate surface area is 313 Å². The molecule has 0 aliphatic rings. The van der Waals surface area contributed by atoms with Gasteiger partial charge in [0, 0.05) is 12.8 Å². The summed E-state index contributed by atoms with van der Waals surface area (Å²) >= 11 is 0. The fourth-order valence-electron chi connectivity index (χ4n) is 6.46. The van der Waals surface area contributed by atoms with E-state index in [4.69, 9.17) is 10.2 Å². The summed E-state index contributed by atoms with van der Waals surface area (Å²) in [7, 11) is 0. The van der Waals surface area contributed by atoms with Gasteiger partial charge in [0.15, 0.2) is 0 Å². The summed E-state index contributed by atoms with van der Waals surface area (Å²) in [4.78, 5) is 20.8. The smallest absolute Gasteiger partial charge is 0.303 e. The molecule has 0 aromatic rings. The highest BCUT2D eigenvalue weighted by Gasteiger charge is 1.98. The molecular weight excluding hydrogens is 617 g/mol.